The molecule has 1 amide bonds. The van der Waals surface area contributed by atoms with Gasteiger partial charge < -0.3 is 10.2 Å². The van der Waals surface area contributed by atoms with E-state index in [1.165, 1.54) is 44.9 Å². The number of nitrogens with zero attached hydrogens (tertiary/aromatic N) is 3. The number of carbonyl (C=O) groups excluding carboxylic acids is 1. The van der Waals surface area contributed by atoms with Crippen molar-refractivity contribution in [1.29, 1.82) is 0 Å². The lowest BCUT2D eigenvalue weighted by molar-refractivity contribution is 0.0691. The van der Waals surface area contributed by atoms with Crippen LogP contribution in [0.1, 0.15) is 68.8 Å². The number of likely N-dealkylation sites (tertiary alicyclic amines) is 1. The van der Waals surface area contributed by atoms with Crippen LogP contribution in [-0.2, 0) is 0 Å². The Balaban J connectivity index is 1.63. The summed E-state index contributed by atoms with van der Waals surface area (Å²) in [7, 11) is 0. The summed E-state index contributed by atoms with van der Waals surface area (Å²) in [5.41, 5.74) is 0.519. The highest BCUT2D eigenvalue weighted by atomic mass is 16.2. The second-order valence-corrected chi connectivity index (χ2v) is 7.10. The van der Waals surface area contributed by atoms with Crippen molar-refractivity contribution in [3.8, 4) is 0 Å². The molecule has 23 heavy (non-hydrogen) atoms. The topological polar surface area (TPSA) is 58.1 Å². The van der Waals surface area contributed by atoms with Crippen LogP contribution in [-0.4, -0.2) is 39.9 Å². The van der Waals surface area contributed by atoms with Crippen LogP contribution in [0, 0.1) is 5.92 Å². The van der Waals surface area contributed by atoms with Crippen LogP contribution in [0.25, 0.3) is 0 Å². The van der Waals surface area contributed by atoms with Gasteiger partial charge >= 0.3 is 0 Å². The van der Waals surface area contributed by atoms with Crippen molar-refractivity contribution in [2.75, 3.05) is 18.4 Å². The first-order valence-electron chi connectivity index (χ1n) is 9.10. The van der Waals surface area contributed by atoms with Crippen LogP contribution in [0.3, 0.4) is 0 Å². The molecule has 126 valence electrons. The first-order chi connectivity index (χ1) is 11.2. The highest BCUT2D eigenvalue weighted by molar-refractivity contribution is 5.92. The summed E-state index contributed by atoms with van der Waals surface area (Å²) in [6, 6.07) is 2.30. The van der Waals surface area contributed by atoms with Crippen molar-refractivity contribution in [3.05, 3.63) is 18.1 Å². The number of piperidine rings is 1. The SMILES string of the molecule is CC1CCN(C(=O)c2cc(NC3CCCCCC3)ncn2)CC1. The van der Waals surface area contributed by atoms with Crippen LogP contribution < -0.4 is 5.32 Å². The number of nitrogens with one attached hydrogen (secondary N) is 1. The molecule has 0 radical (unpaired) electrons. The van der Waals surface area contributed by atoms with Gasteiger partial charge in [0, 0.05) is 25.2 Å². The predicted molar refractivity (Wildman–Crippen MR) is 91.4 cm³/mol. The van der Waals surface area contributed by atoms with Gasteiger partial charge in [0.25, 0.3) is 5.91 Å². The molecule has 0 aromatic carbocycles. The largest absolute Gasteiger partial charge is 0.367 e. The molecule has 3 rings (SSSR count). The Kier molecular flexibility index (Phi) is 5.47. The Labute approximate surface area is 138 Å². The maximum Gasteiger partial charge on any atom is 0.272 e. The average molecular weight is 316 g/mol. The summed E-state index contributed by atoms with van der Waals surface area (Å²) in [6.45, 7) is 3.94. The molecule has 2 heterocycles. The Bertz CT molecular complexity index is 518. The molecule has 1 aromatic rings. The van der Waals surface area contributed by atoms with Gasteiger partial charge in [-0.2, -0.15) is 0 Å². The van der Waals surface area contributed by atoms with Gasteiger partial charge in [-0.3, -0.25) is 4.79 Å². The summed E-state index contributed by atoms with van der Waals surface area (Å²) < 4.78 is 0. The molecule has 5 nitrogen and oxygen atoms in total. The van der Waals surface area contributed by atoms with E-state index in [0.29, 0.717) is 11.7 Å². The van der Waals surface area contributed by atoms with Gasteiger partial charge in [-0.05, 0) is 31.6 Å². The van der Waals surface area contributed by atoms with Crippen LogP contribution >= 0.6 is 0 Å². The van der Waals surface area contributed by atoms with E-state index in [-0.39, 0.29) is 5.91 Å². The number of aromatic nitrogens is 2. The molecule has 2 fully saturated rings. The zero-order valence-corrected chi connectivity index (χ0v) is 14.1. The van der Waals surface area contributed by atoms with Crippen molar-refractivity contribution >= 4 is 11.7 Å². The van der Waals surface area contributed by atoms with E-state index in [9.17, 15) is 4.79 Å². The second kappa shape index (κ2) is 7.75. The fraction of sp³-hybridized carbons (Fsp3) is 0.722. The Morgan fingerprint density at radius 1 is 1.09 bits per heavy atom. The number of carbonyl (C=O) groups is 1. The van der Waals surface area contributed by atoms with Crippen molar-refractivity contribution in [2.24, 2.45) is 5.92 Å². The third kappa shape index (κ3) is 4.43. The summed E-state index contributed by atoms with van der Waals surface area (Å²) in [5, 5.41) is 3.50. The van der Waals surface area contributed by atoms with Crippen LogP contribution in [0.15, 0.2) is 12.4 Å². The molecule has 2 aliphatic rings. The van der Waals surface area contributed by atoms with Crippen LogP contribution in [0.5, 0.6) is 0 Å². The highest BCUT2D eigenvalue weighted by Crippen LogP contribution is 2.21. The minimum Gasteiger partial charge on any atom is -0.367 e. The number of hydrogen-bond acceptors (Lipinski definition) is 4. The molecule has 1 saturated heterocycles. The number of hydrogen-bond donors (Lipinski definition) is 1. The number of anilines is 1. The van der Waals surface area contributed by atoms with E-state index in [4.69, 9.17) is 0 Å². The average Bonchev–Trinajstić information content (AvgIpc) is 2.84. The summed E-state index contributed by atoms with van der Waals surface area (Å²) in [4.78, 5) is 23.1. The fourth-order valence-electron chi connectivity index (χ4n) is 3.56. The van der Waals surface area contributed by atoms with E-state index >= 15 is 0 Å². The highest BCUT2D eigenvalue weighted by Gasteiger charge is 2.23. The zero-order valence-electron chi connectivity index (χ0n) is 14.1. The Morgan fingerprint density at radius 2 is 1.78 bits per heavy atom. The second-order valence-electron chi connectivity index (χ2n) is 7.10. The number of amides is 1. The molecular weight excluding hydrogens is 288 g/mol. The zero-order chi connectivity index (χ0) is 16.1. The lowest BCUT2D eigenvalue weighted by Gasteiger charge is -2.30. The molecule has 1 aromatic heterocycles. The molecule has 1 saturated carbocycles. The fourth-order valence-corrected chi connectivity index (χ4v) is 3.56. The third-order valence-electron chi connectivity index (χ3n) is 5.16. The maximum atomic E-state index is 12.6. The van der Waals surface area contributed by atoms with E-state index in [2.05, 4.69) is 22.2 Å². The first kappa shape index (κ1) is 16.2. The Morgan fingerprint density at radius 3 is 2.48 bits per heavy atom. The summed E-state index contributed by atoms with van der Waals surface area (Å²) in [5.74, 6) is 1.56. The van der Waals surface area contributed by atoms with Gasteiger partial charge in [0.1, 0.15) is 17.8 Å². The molecule has 1 aliphatic heterocycles. The van der Waals surface area contributed by atoms with Crippen molar-refractivity contribution in [1.82, 2.24) is 14.9 Å². The van der Waals surface area contributed by atoms with Gasteiger partial charge in [0.2, 0.25) is 0 Å². The summed E-state index contributed by atoms with van der Waals surface area (Å²) >= 11 is 0. The standard InChI is InChI=1S/C18H28N4O/c1-14-8-10-22(11-9-14)18(23)16-12-17(20-13-19-16)21-15-6-4-2-3-5-7-15/h12-15H,2-11H2,1H3,(H,19,20,21). The smallest absolute Gasteiger partial charge is 0.272 e. The van der Waals surface area contributed by atoms with Crippen LogP contribution in [0.2, 0.25) is 0 Å². The lowest BCUT2D eigenvalue weighted by atomic mass is 9.99. The number of rotatable bonds is 3. The van der Waals surface area contributed by atoms with E-state index in [0.717, 1.165) is 37.7 Å². The van der Waals surface area contributed by atoms with Gasteiger partial charge in [0.15, 0.2) is 0 Å². The van der Waals surface area contributed by atoms with E-state index < -0.39 is 0 Å². The van der Waals surface area contributed by atoms with Crippen molar-refractivity contribution in [2.45, 2.75) is 64.3 Å². The molecular formula is C18H28N4O. The summed E-state index contributed by atoms with van der Waals surface area (Å²) in [6.07, 6.45) is 11.3. The third-order valence-corrected chi connectivity index (χ3v) is 5.16. The monoisotopic (exact) mass is 316 g/mol. The normalized spacial score (nSPS) is 21.0. The van der Waals surface area contributed by atoms with Crippen molar-refractivity contribution in [3.63, 3.8) is 0 Å². The predicted octanol–water partition coefficient (Wildman–Crippen LogP) is 3.48. The molecule has 1 aliphatic carbocycles. The van der Waals surface area contributed by atoms with Crippen molar-refractivity contribution < 1.29 is 4.79 Å². The molecule has 0 unspecified atom stereocenters. The molecule has 1 N–H and O–H groups in total. The molecule has 0 bridgehead atoms. The Hall–Kier alpha value is -1.65. The van der Waals surface area contributed by atoms with Gasteiger partial charge in [0.05, 0.1) is 0 Å². The molecule has 5 heteroatoms. The van der Waals surface area contributed by atoms with E-state index in [1.807, 2.05) is 11.0 Å². The first-order valence-corrected chi connectivity index (χ1v) is 9.10. The van der Waals surface area contributed by atoms with Gasteiger partial charge in [-0.25, -0.2) is 9.97 Å². The lowest BCUT2D eigenvalue weighted by Crippen LogP contribution is -2.38. The minimum absolute atomic E-state index is 0.0446. The maximum absolute atomic E-state index is 12.6. The molecule has 0 spiro atoms. The minimum atomic E-state index is 0.0446. The quantitative estimate of drug-likeness (QED) is 0.867. The van der Waals surface area contributed by atoms with Gasteiger partial charge in [-0.15, -0.1) is 0 Å². The van der Waals surface area contributed by atoms with Crippen LogP contribution in [0.4, 0.5) is 5.82 Å². The molecule has 0 atom stereocenters. The van der Waals surface area contributed by atoms with E-state index in [1.54, 1.807) is 0 Å². The van der Waals surface area contributed by atoms with Gasteiger partial charge in [-0.1, -0.05) is 32.6 Å².